The van der Waals surface area contributed by atoms with Crippen LogP contribution in [0.25, 0.3) is 11.0 Å². The fraction of sp³-hybridized carbons (Fsp3) is 0.438. The second-order valence-corrected chi connectivity index (χ2v) is 8.24. The number of furan rings is 1. The molecule has 1 aromatic heterocycles. The first-order chi connectivity index (χ1) is 10.9. The zero-order chi connectivity index (χ0) is 16.4. The fourth-order valence-corrected chi connectivity index (χ4v) is 4.48. The third-order valence-electron chi connectivity index (χ3n) is 4.01. The van der Waals surface area contributed by atoms with E-state index in [0.29, 0.717) is 25.1 Å². The van der Waals surface area contributed by atoms with Crippen molar-refractivity contribution >= 4 is 26.8 Å². The Kier molecular flexibility index (Phi) is 4.30. The number of carbonyl (C=O) groups is 1. The zero-order valence-corrected chi connectivity index (χ0v) is 13.8. The Bertz CT molecular complexity index is 779. The lowest BCUT2D eigenvalue weighted by Crippen LogP contribution is -2.47. The van der Waals surface area contributed by atoms with Crippen molar-refractivity contribution in [3.8, 4) is 0 Å². The van der Waals surface area contributed by atoms with Gasteiger partial charge in [0.1, 0.15) is 11.3 Å². The predicted octanol–water partition coefficient (Wildman–Crippen LogP) is 2.15. The molecule has 0 spiro atoms. The lowest BCUT2D eigenvalue weighted by molar-refractivity contribution is 0.199. The molecule has 1 aliphatic heterocycles. The van der Waals surface area contributed by atoms with Crippen molar-refractivity contribution in [3.63, 3.8) is 0 Å². The summed E-state index contributed by atoms with van der Waals surface area (Å²) in [7, 11) is -1.36. The minimum absolute atomic E-state index is 0.0250. The van der Waals surface area contributed by atoms with Crippen LogP contribution in [0.3, 0.4) is 0 Å². The van der Waals surface area contributed by atoms with Gasteiger partial charge in [-0.1, -0.05) is 18.2 Å². The molecule has 0 aliphatic carbocycles. The van der Waals surface area contributed by atoms with Gasteiger partial charge in [0, 0.05) is 18.5 Å². The van der Waals surface area contributed by atoms with Gasteiger partial charge in [-0.05, 0) is 25.0 Å². The highest BCUT2D eigenvalue weighted by molar-refractivity contribution is 7.91. The van der Waals surface area contributed by atoms with Gasteiger partial charge in [0.25, 0.3) is 0 Å². The number of hydrogen-bond acceptors (Lipinski definition) is 4. The maximum Gasteiger partial charge on any atom is 0.317 e. The molecule has 2 amide bonds. The molecule has 1 aromatic carbocycles. The molecule has 2 aromatic rings. The minimum atomic E-state index is -3.03. The highest BCUT2D eigenvalue weighted by Gasteiger charge is 2.26. The minimum Gasteiger partial charge on any atom is -0.459 e. The van der Waals surface area contributed by atoms with Gasteiger partial charge < -0.3 is 14.6 Å². The van der Waals surface area contributed by atoms with Gasteiger partial charge in [0.2, 0.25) is 0 Å². The Morgan fingerprint density at radius 3 is 2.91 bits per heavy atom. The van der Waals surface area contributed by atoms with Crippen LogP contribution in [0, 0.1) is 0 Å². The van der Waals surface area contributed by atoms with Crippen LogP contribution in [0.4, 0.5) is 4.79 Å². The first kappa shape index (κ1) is 15.9. The highest BCUT2D eigenvalue weighted by Crippen LogP contribution is 2.20. The Morgan fingerprint density at radius 1 is 1.39 bits per heavy atom. The summed E-state index contributed by atoms with van der Waals surface area (Å²) < 4.78 is 28.9. The standard InChI is InChI=1S/C16H20N2O4S/c1-18(10-14-9-12-5-2-3-7-15(12)22-14)16(19)17-13-6-4-8-23(20,21)11-13/h2-3,5,7,9,13H,4,6,8,10-11H2,1H3,(H,17,19)/t13-/m0/s1. The number of rotatable bonds is 3. The van der Waals surface area contributed by atoms with Crippen molar-refractivity contribution in [1.82, 2.24) is 10.2 Å². The van der Waals surface area contributed by atoms with E-state index in [1.54, 1.807) is 7.05 Å². The van der Waals surface area contributed by atoms with Crippen molar-refractivity contribution in [2.75, 3.05) is 18.6 Å². The summed E-state index contributed by atoms with van der Waals surface area (Å²) in [4.78, 5) is 13.7. The molecule has 1 N–H and O–H groups in total. The molecule has 0 unspecified atom stereocenters. The van der Waals surface area contributed by atoms with Crippen molar-refractivity contribution in [2.24, 2.45) is 0 Å². The summed E-state index contributed by atoms with van der Waals surface area (Å²) in [5.74, 6) is 0.936. The van der Waals surface area contributed by atoms with Gasteiger partial charge in [-0.15, -0.1) is 0 Å². The van der Waals surface area contributed by atoms with E-state index in [0.717, 1.165) is 11.0 Å². The second kappa shape index (κ2) is 6.23. The molecule has 1 fully saturated rings. The molecule has 0 radical (unpaired) electrons. The van der Waals surface area contributed by atoms with Gasteiger partial charge in [0.15, 0.2) is 9.84 Å². The molecular weight excluding hydrogens is 316 g/mol. The monoisotopic (exact) mass is 336 g/mol. The van der Waals surface area contributed by atoms with Gasteiger partial charge in [-0.3, -0.25) is 0 Å². The molecule has 3 rings (SSSR count). The summed E-state index contributed by atoms with van der Waals surface area (Å²) in [6.45, 7) is 0.333. The van der Waals surface area contributed by atoms with Crippen molar-refractivity contribution < 1.29 is 17.6 Å². The summed E-state index contributed by atoms with van der Waals surface area (Å²) >= 11 is 0. The Balaban J connectivity index is 1.61. The lowest BCUT2D eigenvalue weighted by atomic mass is 10.2. The van der Waals surface area contributed by atoms with E-state index in [9.17, 15) is 13.2 Å². The highest BCUT2D eigenvalue weighted by atomic mass is 32.2. The normalized spacial score (nSPS) is 20.3. The summed E-state index contributed by atoms with van der Waals surface area (Å²) in [5.41, 5.74) is 0.787. The molecule has 0 saturated carbocycles. The average Bonchev–Trinajstić information content (AvgIpc) is 2.88. The van der Waals surface area contributed by atoms with E-state index >= 15 is 0 Å². The smallest absolute Gasteiger partial charge is 0.317 e. The van der Waals surface area contributed by atoms with Crippen molar-refractivity contribution in [3.05, 3.63) is 36.1 Å². The fourth-order valence-electron chi connectivity index (χ4n) is 2.84. The quantitative estimate of drug-likeness (QED) is 0.931. The van der Waals surface area contributed by atoms with Gasteiger partial charge in [-0.2, -0.15) is 0 Å². The van der Waals surface area contributed by atoms with Gasteiger partial charge >= 0.3 is 6.03 Å². The van der Waals surface area contributed by atoms with Gasteiger partial charge in [0.05, 0.1) is 18.1 Å². The van der Waals surface area contributed by atoms with Crippen LogP contribution >= 0.6 is 0 Å². The van der Waals surface area contributed by atoms with E-state index in [1.165, 1.54) is 4.90 Å². The number of hydrogen-bond donors (Lipinski definition) is 1. The summed E-state index contributed by atoms with van der Waals surface area (Å²) in [6, 6.07) is 8.98. The number of nitrogens with zero attached hydrogens (tertiary/aromatic N) is 1. The van der Waals surface area contributed by atoms with E-state index in [2.05, 4.69) is 5.32 Å². The molecular formula is C16H20N2O4S. The number of sulfone groups is 1. The molecule has 2 heterocycles. The molecule has 1 aliphatic rings. The van der Waals surface area contributed by atoms with E-state index in [1.807, 2.05) is 30.3 Å². The Hall–Kier alpha value is -2.02. The number of carbonyl (C=O) groups excluding carboxylic acids is 1. The molecule has 6 nitrogen and oxygen atoms in total. The Morgan fingerprint density at radius 2 is 2.17 bits per heavy atom. The van der Waals surface area contributed by atoms with Crippen LogP contribution in [0.1, 0.15) is 18.6 Å². The maximum atomic E-state index is 12.2. The van der Waals surface area contributed by atoms with E-state index < -0.39 is 9.84 Å². The average molecular weight is 336 g/mol. The first-order valence-corrected chi connectivity index (χ1v) is 9.44. The third kappa shape index (κ3) is 3.85. The largest absolute Gasteiger partial charge is 0.459 e. The molecule has 23 heavy (non-hydrogen) atoms. The van der Waals surface area contributed by atoms with E-state index in [4.69, 9.17) is 4.42 Å². The number of para-hydroxylation sites is 1. The topological polar surface area (TPSA) is 79.6 Å². The van der Waals surface area contributed by atoms with Crippen molar-refractivity contribution in [1.29, 1.82) is 0 Å². The molecule has 0 bridgehead atoms. The number of fused-ring (bicyclic) bond motifs is 1. The first-order valence-electron chi connectivity index (χ1n) is 7.62. The number of urea groups is 1. The van der Waals surface area contributed by atoms with Crippen LogP contribution in [0.2, 0.25) is 0 Å². The molecule has 7 heteroatoms. The molecule has 1 saturated heterocycles. The third-order valence-corrected chi connectivity index (χ3v) is 5.83. The van der Waals surface area contributed by atoms with Crippen molar-refractivity contribution in [2.45, 2.75) is 25.4 Å². The number of benzene rings is 1. The van der Waals surface area contributed by atoms with Crippen LogP contribution in [0.15, 0.2) is 34.7 Å². The summed E-state index contributed by atoms with van der Waals surface area (Å²) in [6.07, 6.45) is 1.30. The van der Waals surface area contributed by atoms with Crippen LogP contribution < -0.4 is 5.32 Å². The van der Waals surface area contributed by atoms with E-state index in [-0.39, 0.29) is 23.6 Å². The zero-order valence-electron chi connectivity index (χ0n) is 13.0. The predicted molar refractivity (Wildman–Crippen MR) is 87.9 cm³/mol. The maximum absolute atomic E-state index is 12.2. The van der Waals surface area contributed by atoms with Crippen LogP contribution in [0.5, 0.6) is 0 Å². The van der Waals surface area contributed by atoms with Gasteiger partial charge in [-0.25, -0.2) is 13.2 Å². The lowest BCUT2D eigenvalue weighted by Gasteiger charge is -2.25. The molecule has 124 valence electrons. The van der Waals surface area contributed by atoms with Crippen LogP contribution in [-0.2, 0) is 16.4 Å². The molecule has 1 atom stereocenters. The van der Waals surface area contributed by atoms with Crippen LogP contribution in [-0.4, -0.2) is 43.9 Å². The number of nitrogens with one attached hydrogen (secondary N) is 1. The SMILES string of the molecule is CN(Cc1cc2ccccc2o1)C(=O)N[C@H]1CCCS(=O)(=O)C1. The second-order valence-electron chi connectivity index (χ2n) is 6.01. The Labute approximate surface area is 135 Å². The number of amides is 2. The summed E-state index contributed by atoms with van der Waals surface area (Å²) in [5, 5.41) is 3.79.